The maximum Gasteiger partial charge on any atom is 0.213 e. The topological polar surface area (TPSA) is 77.1 Å². The molecule has 1 aromatic heterocycles. The molecule has 2 unspecified atom stereocenters. The molecule has 0 spiro atoms. The Hall–Kier alpha value is -1.22. The molecule has 74 valence electrons. The van der Waals surface area contributed by atoms with Crippen molar-refractivity contribution in [2.75, 3.05) is 0 Å². The van der Waals surface area contributed by atoms with Gasteiger partial charge in [0.25, 0.3) is 0 Å². The molecule has 2 atom stereocenters. The summed E-state index contributed by atoms with van der Waals surface area (Å²) in [5.74, 6) is -0.839. The van der Waals surface area contributed by atoms with Gasteiger partial charge in [-0.3, -0.25) is 0 Å². The highest BCUT2D eigenvalue weighted by atomic mass is 35.5. The van der Waals surface area contributed by atoms with E-state index in [1.165, 1.54) is 6.07 Å². The van der Waals surface area contributed by atoms with Crippen LogP contribution < -0.4 is 0 Å². The summed E-state index contributed by atoms with van der Waals surface area (Å²) in [5, 5.41) is 26.6. The first-order valence-electron chi connectivity index (χ1n) is 3.63. The number of nitriles is 1. The van der Waals surface area contributed by atoms with Crippen LogP contribution in [-0.4, -0.2) is 21.3 Å². The van der Waals surface area contributed by atoms with Gasteiger partial charge in [-0.25, -0.2) is 4.98 Å². The Morgan fingerprint density at radius 1 is 1.57 bits per heavy atom. The number of pyridine rings is 1. The normalized spacial score (nSPS) is 14.5. The zero-order valence-electron chi connectivity index (χ0n) is 6.85. The Morgan fingerprint density at radius 3 is 2.79 bits per heavy atom. The minimum Gasteiger partial charge on any atom is -0.384 e. The van der Waals surface area contributed by atoms with Gasteiger partial charge in [0.2, 0.25) is 5.95 Å². The van der Waals surface area contributed by atoms with Crippen molar-refractivity contribution >= 4 is 11.6 Å². The van der Waals surface area contributed by atoms with Gasteiger partial charge in [-0.15, -0.1) is 0 Å². The van der Waals surface area contributed by atoms with E-state index in [4.69, 9.17) is 22.0 Å². The van der Waals surface area contributed by atoms with Gasteiger partial charge in [-0.05, 0) is 0 Å². The van der Waals surface area contributed by atoms with Crippen LogP contribution in [0.1, 0.15) is 11.7 Å². The van der Waals surface area contributed by atoms with Crippen LogP contribution in [0.3, 0.4) is 0 Å². The first-order valence-corrected chi connectivity index (χ1v) is 4.00. The smallest absolute Gasteiger partial charge is 0.213 e. The standard InChI is InChI=1S/C8H6ClFN2O2/c9-5-3-12-7(10)1-4(5)8(14)6(13)2-11/h1,3,6,8,13-14H. The lowest BCUT2D eigenvalue weighted by molar-refractivity contribution is 0.0525. The van der Waals surface area contributed by atoms with Crippen molar-refractivity contribution in [3.8, 4) is 6.07 Å². The number of aliphatic hydroxyl groups excluding tert-OH is 2. The Labute approximate surface area is 84.2 Å². The molecule has 0 aliphatic carbocycles. The monoisotopic (exact) mass is 216 g/mol. The molecule has 0 aliphatic heterocycles. The Bertz CT molecular complexity index is 380. The number of aliphatic hydroxyl groups is 2. The molecule has 6 heteroatoms. The Morgan fingerprint density at radius 2 is 2.21 bits per heavy atom. The van der Waals surface area contributed by atoms with Crippen LogP contribution >= 0.6 is 11.6 Å². The molecule has 0 aliphatic rings. The Kier molecular flexibility index (Phi) is 3.36. The van der Waals surface area contributed by atoms with E-state index < -0.39 is 18.2 Å². The van der Waals surface area contributed by atoms with Crippen molar-refractivity contribution in [3.63, 3.8) is 0 Å². The quantitative estimate of drug-likeness (QED) is 0.566. The highest BCUT2D eigenvalue weighted by Crippen LogP contribution is 2.24. The van der Waals surface area contributed by atoms with Gasteiger partial charge in [0.15, 0.2) is 6.10 Å². The first-order chi connectivity index (χ1) is 6.56. The van der Waals surface area contributed by atoms with Gasteiger partial charge in [-0.1, -0.05) is 11.6 Å². The van der Waals surface area contributed by atoms with E-state index in [0.29, 0.717) is 0 Å². The predicted octanol–water partition coefficient (Wildman–Crippen LogP) is 0.792. The largest absolute Gasteiger partial charge is 0.384 e. The number of nitrogens with zero attached hydrogens (tertiary/aromatic N) is 2. The molecule has 1 rings (SSSR count). The second-order valence-electron chi connectivity index (χ2n) is 2.55. The number of hydrogen-bond donors (Lipinski definition) is 2. The third kappa shape index (κ3) is 2.17. The molecule has 14 heavy (non-hydrogen) atoms. The van der Waals surface area contributed by atoms with Crippen LogP contribution in [0.4, 0.5) is 4.39 Å². The molecule has 2 N–H and O–H groups in total. The average molecular weight is 217 g/mol. The van der Waals surface area contributed by atoms with Crippen molar-refractivity contribution in [3.05, 3.63) is 28.8 Å². The fourth-order valence-corrected chi connectivity index (χ4v) is 1.11. The number of aromatic nitrogens is 1. The van der Waals surface area contributed by atoms with Crippen molar-refractivity contribution in [2.24, 2.45) is 0 Å². The Balaban J connectivity index is 3.07. The third-order valence-electron chi connectivity index (χ3n) is 1.60. The number of halogens is 2. The molecule has 0 radical (unpaired) electrons. The van der Waals surface area contributed by atoms with E-state index in [9.17, 15) is 9.50 Å². The molecular formula is C8H6ClFN2O2. The van der Waals surface area contributed by atoms with E-state index in [-0.39, 0.29) is 10.6 Å². The molecule has 0 fully saturated rings. The van der Waals surface area contributed by atoms with Crippen LogP contribution in [0.5, 0.6) is 0 Å². The third-order valence-corrected chi connectivity index (χ3v) is 1.92. The fourth-order valence-electron chi connectivity index (χ4n) is 0.895. The van der Waals surface area contributed by atoms with Gasteiger partial charge in [0.1, 0.15) is 6.10 Å². The lowest BCUT2D eigenvalue weighted by Gasteiger charge is -2.12. The first kappa shape index (κ1) is 10.9. The van der Waals surface area contributed by atoms with E-state index >= 15 is 0 Å². The zero-order chi connectivity index (χ0) is 10.7. The van der Waals surface area contributed by atoms with Crippen molar-refractivity contribution < 1.29 is 14.6 Å². The summed E-state index contributed by atoms with van der Waals surface area (Å²) in [7, 11) is 0. The SMILES string of the molecule is N#CC(O)C(O)c1cc(F)ncc1Cl. The van der Waals surface area contributed by atoms with Crippen LogP contribution in [0, 0.1) is 17.3 Å². The molecule has 0 amide bonds. The molecule has 1 aromatic rings. The zero-order valence-corrected chi connectivity index (χ0v) is 7.61. The van der Waals surface area contributed by atoms with Crippen molar-refractivity contribution in [1.82, 2.24) is 4.98 Å². The molecule has 0 aromatic carbocycles. The molecule has 1 heterocycles. The number of hydrogen-bond acceptors (Lipinski definition) is 4. The van der Waals surface area contributed by atoms with E-state index in [1.54, 1.807) is 0 Å². The summed E-state index contributed by atoms with van der Waals surface area (Å²) in [4.78, 5) is 3.23. The second-order valence-corrected chi connectivity index (χ2v) is 2.95. The highest BCUT2D eigenvalue weighted by Gasteiger charge is 2.21. The van der Waals surface area contributed by atoms with E-state index in [2.05, 4.69) is 4.98 Å². The summed E-state index contributed by atoms with van der Waals surface area (Å²) >= 11 is 5.58. The lowest BCUT2D eigenvalue weighted by Crippen LogP contribution is -2.16. The van der Waals surface area contributed by atoms with Gasteiger partial charge >= 0.3 is 0 Å². The minimum absolute atomic E-state index is 0.00630. The van der Waals surface area contributed by atoms with Crippen LogP contribution in [-0.2, 0) is 0 Å². The van der Waals surface area contributed by atoms with Crippen molar-refractivity contribution in [1.29, 1.82) is 5.26 Å². The van der Waals surface area contributed by atoms with Gasteiger partial charge in [0, 0.05) is 17.8 Å². The van der Waals surface area contributed by atoms with E-state index in [0.717, 1.165) is 12.3 Å². The maximum atomic E-state index is 12.6. The average Bonchev–Trinajstić information content (AvgIpc) is 2.19. The van der Waals surface area contributed by atoms with E-state index in [1.807, 2.05) is 0 Å². The molecule has 0 saturated heterocycles. The van der Waals surface area contributed by atoms with Crippen LogP contribution in [0.25, 0.3) is 0 Å². The summed E-state index contributed by atoms with van der Waals surface area (Å²) in [5.41, 5.74) is -0.0618. The van der Waals surface area contributed by atoms with Gasteiger partial charge < -0.3 is 10.2 Å². The van der Waals surface area contributed by atoms with Crippen LogP contribution in [0.2, 0.25) is 5.02 Å². The van der Waals surface area contributed by atoms with Gasteiger partial charge in [-0.2, -0.15) is 9.65 Å². The number of rotatable bonds is 2. The summed E-state index contributed by atoms with van der Waals surface area (Å²) in [6, 6.07) is 2.28. The summed E-state index contributed by atoms with van der Waals surface area (Å²) in [6.07, 6.45) is -2.18. The summed E-state index contributed by atoms with van der Waals surface area (Å²) in [6.45, 7) is 0. The minimum atomic E-state index is -1.64. The fraction of sp³-hybridized carbons (Fsp3) is 0.250. The van der Waals surface area contributed by atoms with Crippen molar-refractivity contribution in [2.45, 2.75) is 12.2 Å². The predicted molar refractivity (Wildman–Crippen MR) is 45.8 cm³/mol. The molecule has 0 saturated carbocycles. The van der Waals surface area contributed by atoms with Gasteiger partial charge in [0.05, 0.1) is 11.1 Å². The highest BCUT2D eigenvalue weighted by molar-refractivity contribution is 6.31. The molecular weight excluding hydrogens is 211 g/mol. The maximum absolute atomic E-state index is 12.6. The lowest BCUT2D eigenvalue weighted by atomic mass is 10.1. The van der Waals surface area contributed by atoms with Crippen LogP contribution in [0.15, 0.2) is 12.3 Å². The second kappa shape index (κ2) is 4.33. The molecule has 4 nitrogen and oxygen atoms in total. The molecule has 0 bridgehead atoms. The summed E-state index contributed by atoms with van der Waals surface area (Å²) < 4.78 is 12.6.